The molecule has 0 saturated carbocycles. The summed E-state index contributed by atoms with van der Waals surface area (Å²) in [5.41, 5.74) is 4.27. The van der Waals surface area contributed by atoms with E-state index < -0.39 is 0 Å². The standard InChI is InChI=1S/C26H26N2O3/c1-31-23-12-7-8-19(14-23)17-28-18-22(15-25(28)29)26(30)27-16-21-11-5-6-13-24(21)20-9-3-2-4-10-20/h2-14,22H,15-18H2,1H3,(H,27,30). The molecule has 3 aromatic rings. The van der Waals surface area contributed by atoms with Crippen molar-refractivity contribution in [3.8, 4) is 16.9 Å². The number of amides is 2. The summed E-state index contributed by atoms with van der Waals surface area (Å²) >= 11 is 0. The first-order valence-electron chi connectivity index (χ1n) is 10.5. The zero-order valence-corrected chi connectivity index (χ0v) is 17.6. The first-order chi connectivity index (χ1) is 15.1. The van der Waals surface area contributed by atoms with Crippen LogP contribution in [0.2, 0.25) is 0 Å². The Labute approximate surface area is 182 Å². The van der Waals surface area contributed by atoms with Gasteiger partial charge < -0.3 is 15.0 Å². The molecule has 0 aliphatic carbocycles. The monoisotopic (exact) mass is 414 g/mol. The van der Waals surface area contributed by atoms with E-state index in [1.807, 2.05) is 60.7 Å². The molecule has 1 fully saturated rings. The Morgan fingerprint density at radius 1 is 1.03 bits per heavy atom. The van der Waals surface area contributed by atoms with E-state index >= 15 is 0 Å². The van der Waals surface area contributed by atoms with Crippen LogP contribution in [0.25, 0.3) is 11.1 Å². The molecule has 1 aliphatic rings. The molecule has 0 bridgehead atoms. The number of rotatable bonds is 7. The van der Waals surface area contributed by atoms with Crippen LogP contribution in [0.5, 0.6) is 5.75 Å². The Kier molecular flexibility index (Phi) is 6.32. The number of ether oxygens (including phenoxy) is 1. The highest BCUT2D eigenvalue weighted by atomic mass is 16.5. The molecule has 31 heavy (non-hydrogen) atoms. The minimum Gasteiger partial charge on any atom is -0.497 e. The van der Waals surface area contributed by atoms with Gasteiger partial charge >= 0.3 is 0 Å². The highest BCUT2D eigenvalue weighted by Gasteiger charge is 2.34. The fourth-order valence-corrected chi connectivity index (χ4v) is 3.99. The number of methoxy groups -OCH3 is 1. The Balaban J connectivity index is 1.37. The van der Waals surface area contributed by atoms with Crippen LogP contribution < -0.4 is 10.1 Å². The molecule has 1 aliphatic heterocycles. The molecule has 0 radical (unpaired) electrons. The van der Waals surface area contributed by atoms with Crippen LogP contribution in [0.3, 0.4) is 0 Å². The Morgan fingerprint density at radius 3 is 2.61 bits per heavy atom. The van der Waals surface area contributed by atoms with Crippen LogP contribution in [0.15, 0.2) is 78.9 Å². The Morgan fingerprint density at radius 2 is 1.81 bits per heavy atom. The molecule has 1 N–H and O–H groups in total. The van der Waals surface area contributed by atoms with Crippen LogP contribution in [-0.4, -0.2) is 30.4 Å². The molecule has 3 aromatic carbocycles. The number of carbonyl (C=O) groups excluding carboxylic acids is 2. The molecule has 0 aromatic heterocycles. The van der Waals surface area contributed by atoms with Crippen molar-refractivity contribution >= 4 is 11.8 Å². The zero-order chi connectivity index (χ0) is 21.6. The quantitative estimate of drug-likeness (QED) is 0.635. The summed E-state index contributed by atoms with van der Waals surface area (Å²) in [5, 5.41) is 3.04. The predicted octanol–water partition coefficient (Wildman–Crippen LogP) is 4.03. The van der Waals surface area contributed by atoms with E-state index in [1.54, 1.807) is 12.0 Å². The molecule has 1 heterocycles. The summed E-state index contributed by atoms with van der Waals surface area (Å²) in [7, 11) is 1.62. The maximum atomic E-state index is 12.8. The summed E-state index contributed by atoms with van der Waals surface area (Å²) in [6.45, 7) is 1.35. The number of carbonyl (C=O) groups is 2. The van der Waals surface area contributed by atoms with E-state index in [1.165, 1.54) is 0 Å². The topological polar surface area (TPSA) is 58.6 Å². The summed E-state index contributed by atoms with van der Waals surface area (Å²) in [4.78, 5) is 27.0. The van der Waals surface area contributed by atoms with Gasteiger partial charge in [-0.25, -0.2) is 0 Å². The van der Waals surface area contributed by atoms with Gasteiger partial charge in [0.05, 0.1) is 13.0 Å². The second kappa shape index (κ2) is 9.47. The fourth-order valence-electron chi connectivity index (χ4n) is 3.99. The van der Waals surface area contributed by atoms with Gasteiger partial charge in [0.25, 0.3) is 0 Å². The molecule has 5 heteroatoms. The normalized spacial score (nSPS) is 15.7. The van der Waals surface area contributed by atoms with Crippen molar-refractivity contribution in [2.45, 2.75) is 19.5 Å². The second-order valence-electron chi connectivity index (χ2n) is 7.77. The summed E-state index contributed by atoms with van der Waals surface area (Å²) in [5.74, 6) is 0.356. The predicted molar refractivity (Wildman–Crippen MR) is 120 cm³/mol. The lowest BCUT2D eigenvalue weighted by atomic mass is 9.99. The average molecular weight is 415 g/mol. The van der Waals surface area contributed by atoms with Crippen molar-refractivity contribution in [2.75, 3.05) is 13.7 Å². The summed E-state index contributed by atoms with van der Waals surface area (Å²) < 4.78 is 5.25. The maximum Gasteiger partial charge on any atom is 0.225 e. The SMILES string of the molecule is COc1cccc(CN2CC(C(=O)NCc3ccccc3-c3ccccc3)CC2=O)c1. The largest absolute Gasteiger partial charge is 0.497 e. The Hall–Kier alpha value is -3.60. The Bertz CT molecular complexity index is 1070. The van der Waals surface area contributed by atoms with E-state index in [4.69, 9.17) is 4.74 Å². The van der Waals surface area contributed by atoms with Gasteiger partial charge in [-0.2, -0.15) is 0 Å². The molecule has 2 amide bonds. The number of hydrogen-bond donors (Lipinski definition) is 1. The third-order valence-corrected chi connectivity index (χ3v) is 5.65. The molecule has 0 spiro atoms. The lowest BCUT2D eigenvalue weighted by Gasteiger charge is -2.17. The highest BCUT2D eigenvalue weighted by molar-refractivity contribution is 5.89. The molecule has 4 rings (SSSR count). The molecule has 1 atom stereocenters. The van der Waals surface area contributed by atoms with E-state index in [0.717, 1.165) is 28.0 Å². The van der Waals surface area contributed by atoms with E-state index in [0.29, 0.717) is 19.6 Å². The van der Waals surface area contributed by atoms with Crippen molar-refractivity contribution in [1.82, 2.24) is 10.2 Å². The third-order valence-electron chi connectivity index (χ3n) is 5.65. The number of likely N-dealkylation sites (tertiary alicyclic amines) is 1. The average Bonchev–Trinajstić information content (AvgIpc) is 3.18. The minimum atomic E-state index is -0.331. The zero-order valence-electron chi connectivity index (χ0n) is 17.6. The van der Waals surface area contributed by atoms with Crippen LogP contribution in [0, 0.1) is 5.92 Å². The first-order valence-corrected chi connectivity index (χ1v) is 10.5. The van der Waals surface area contributed by atoms with Crippen LogP contribution in [0.1, 0.15) is 17.5 Å². The maximum absolute atomic E-state index is 12.8. The number of nitrogens with one attached hydrogen (secondary N) is 1. The lowest BCUT2D eigenvalue weighted by molar-refractivity contribution is -0.129. The van der Waals surface area contributed by atoms with Crippen LogP contribution >= 0.6 is 0 Å². The number of nitrogens with zero attached hydrogens (tertiary/aromatic N) is 1. The van der Waals surface area contributed by atoms with Gasteiger partial charge in [-0.15, -0.1) is 0 Å². The second-order valence-corrected chi connectivity index (χ2v) is 7.77. The van der Waals surface area contributed by atoms with Gasteiger partial charge in [0.15, 0.2) is 0 Å². The van der Waals surface area contributed by atoms with Gasteiger partial charge in [0.2, 0.25) is 11.8 Å². The van der Waals surface area contributed by atoms with Gasteiger partial charge in [-0.1, -0.05) is 66.7 Å². The highest BCUT2D eigenvalue weighted by Crippen LogP contribution is 2.25. The van der Waals surface area contributed by atoms with Crippen LogP contribution in [0.4, 0.5) is 0 Å². The van der Waals surface area contributed by atoms with Crippen molar-refractivity contribution in [3.63, 3.8) is 0 Å². The molecule has 1 unspecified atom stereocenters. The smallest absolute Gasteiger partial charge is 0.225 e. The van der Waals surface area contributed by atoms with Crippen molar-refractivity contribution in [1.29, 1.82) is 0 Å². The van der Waals surface area contributed by atoms with Gasteiger partial charge in [-0.3, -0.25) is 9.59 Å². The van der Waals surface area contributed by atoms with Crippen molar-refractivity contribution < 1.29 is 14.3 Å². The third kappa shape index (κ3) is 4.94. The van der Waals surface area contributed by atoms with Crippen molar-refractivity contribution in [2.24, 2.45) is 5.92 Å². The minimum absolute atomic E-state index is 0.00709. The number of benzene rings is 3. The molecular weight excluding hydrogens is 388 g/mol. The van der Waals surface area contributed by atoms with E-state index in [-0.39, 0.29) is 24.2 Å². The molecule has 158 valence electrons. The molecule has 5 nitrogen and oxygen atoms in total. The summed E-state index contributed by atoms with van der Waals surface area (Å²) in [6, 6.07) is 25.8. The van der Waals surface area contributed by atoms with Crippen molar-refractivity contribution in [3.05, 3.63) is 90.0 Å². The van der Waals surface area contributed by atoms with Crippen LogP contribution in [-0.2, 0) is 22.7 Å². The molecular formula is C26H26N2O3. The van der Waals surface area contributed by atoms with Gasteiger partial charge in [0, 0.05) is 26.1 Å². The van der Waals surface area contributed by atoms with E-state index in [2.05, 4.69) is 23.5 Å². The lowest BCUT2D eigenvalue weighted by Crippen LogP contribution is -2.32. The molecule has 1 saturated heterocycles. The van der Waals surface area contributed by atoms with E-state index in [9.17, 15) is 9.59 Å². The first kappa shape index (κ1) is 20.7. The van der Waals surface area contributed by atoms with Gasteiger partial charge in [-0.05, 0) is 34.4 Å². The number of hydrogen-bond acceptors (Lipinski definition) is 3. The van der Waals surface area contributed by atoms with Gasteiger partial charge in [0.1, 0.15) is 5.75 Å². The fraction of sp³-hybridized carbons (Fsp3) is 0.231. The summed E-state index contributed by atoms with van der Waals surface area (Å²) in [6.07, 6.45) is 0.246.